The van der Waals surface area contributed by atoms with Crippen LogP contribution in [0.25, 0.3) is 0 Å². The molecule has 1 aliphatic carbocycles. The van der Waals surface area contributed by atoms with Crippen molar-refractivity contribution in [2.75, 3.05) is 0 Å². The maximum atomic E-state index is 11.2. The van der Waals surface area contributed by atoms with Crippen molar-refractivity contribution >= 4 is 17.1 Å². The first-order valence-electron chi connectivity index (χ1n) is 6.42. The molecular formula is C15H15NO2S. The number of nitrogens with zero attached hydrogens (tertiary/aromatic N) is 1. The number of aryl methyl sites for hydroxylation is 2. The average molecular weight is 273 g/mol. The average Bonchev–Trinajstić information content (AvgIpc) is 3.04. The third-order valence-electron chi connectivity index (χ3n) is 3.34. The second-order valence-corrected chi connectivity index (χ2v) is 5.70. The standard InChI is InChI=1S/C15H15NO2S/c1-10(17)14-9-19-15(16-14)8-18-13-6-5-11-3-2-4-12(11)7-13/h5-7,9H,2-4,8H2,1H3. The Labute approximate surface area is 116 Å². The van der Waals surface area contributed by atoms with Gasteiger partial charge in [0.15, 0.2) is 5.78 Å². The molecule has 0 spiro atoms. The van der Waals surface area contributed by atoms with Gasteiger partial charge in [-0.15, -0.1) is 11.3 Å². The molecule has 0 saturated carbocycles. The molecule has 0 aliphatic heterocycles. The summed E-state index contributed by atoms with van der Waals surface area (Å²) in [6.07, 6.45) is 3.58. The number of benzene rings is 1. The van der Waals surface area contributed by atoms with Crippen molar-refractivity contribution in [2.45, 2.75) is 32.8 Å². The predicted octanol–water partition coefficient (Wildman–Crippen LogP) is 3.41. The van der Waals surface area contributed by atoms with Gasteiger partial charge in [0.1, 0.15) is 23.1 Å². The molecule has 0 N–H and O–H groups in total. The second kappa shape index (κ2) is 5.13. The van der Waals surface area contributed by atoms with Crippen LogP contribution in [-0.2, 0) is 19.4 Å². The number of rotatable bonds is 4. The third kappa shape index (κ3) is 2.68. The largest absolute Gasteiger partial charge is 0.486 e. The van der Waals surface area contributed by atoms with E-state index in [9.17, 15) is 4.79 Å². The molecule has 1 aliphatic rings. The van der Waals surface area contributed by atoms with Crippen LogP contribution in [0.2, 0.25) is 0 Å². The van der Waals surface area contributed by atoms with Crippen molar-refractivity contribution in [2.24, 2.45) is 0 Å². The normalized spacial score (nSPS) is 13.3. The fraction of sp³-hybridized carbons (Fsp3) is 0.333. The van der Waals surface area contributed by atoms with Gasteiger partial charge in [-0.05, 0) is 42.5 Å². The zero-order valence-corrected chi connectivity index (χ0v) is 11.6. The summed E-state index contributed by atoms with van der Waals surface area (Å²) in [6.45, 7) is 1.96. The minimum Gasteiger partial charge on any atom is -0.486 e. The summed E-state index contributed by atoms with van der Waals surface area (Å²) in [5, 5.41) is 2.62. The Morgan fingerprint density at radius 1 is 1.37 bits per heavy atom. The number of hydrogen-bond acceptors (Lipinski definition) is 4. The van der Waals surface area contributed by atoms with E-state index in [-0.39, 0.29) is 5.78 Å². The van der Waals surface area contributed by atoms with Crippen LogP contribution in [-0.4, -0.2) is 10.8 Å². The van der Waals surface area contributed by atoms with Crippen LogP contribution in [0.3, 0.4) is 0 Å². The lowest BCUT2D eigenvalue weighted by molar-refractivity contribution is 0.101. The number of ether oxygens (including phenoxy) is 1. The zero-order valence-electron chi connectivity index (χ0n) is 10.8. The second-order valence-electron chi connectivity index (χ2n) is 4.76. The molecule has 3 nitrogen and oxygen atoms in total. The SMILES string of the molecule is CC(=O)c1csc(COc2ccc3c(c2)CCC3)n1. The maximum absolute atomic E-state index is 11.2. The number of carbonyl (C=O) groups excluding carboxylic acids is 1. The van der Waals surface area contributed by atoms with Gasteiger partial charge in [0, 0.05) is 12.3 Å². The van der Waals surface area contributed by atoms with Crippen molar-refractivity contribution in [3.05, 3.63) is 45.4 Å². The quantitative estimate of drug-likeness (QED) is 0.801. The van der Waals surface area contributed by atoms with E-state index in [4.69, 9.17) is 4.74 Å². The van der Waals surface area contributed by atoms with Gasteiger partial charge in [0.2, 0.25) is 0 Å². The molecule has 0 amide bonds. The molecule has 1 aromatic carbocycles. The van der Waals surface area contributed by atoms with E-state index < -0.39 is 0 Å². The van der Waals surface area contributed by atoms with E-state index in [2.05, 4.69) is 17.1 Å². The Hall–Kier alpha value is -1.68. The van der Waals surface area contributed by atoms with E-state index in [0.717, 1.165) is 17.2 Å². The molecule has 0 fully saturated rings. The summed E-state index contributed by atoms with van der Waals surface area (Å²) in [7, 11) is 0. The van der Waals surface area contributed by atoms with Gasteiger partial charge in [-0.1, -0.05) is 6.07 Å². The molecule has 19 heavy (non-hydrogen) atoms. The third-order valence-corrected chi connectivity index (χ3v) is 4.17. The van der Waals surface area contributed by atoms with Crippen molar-refractivity contribution in [3.63, 3.8) is 0 Å². The fourth-order valence-corrected chi connectivity index (χ4v) is 3.07. The summed E-state index contributed by atoms with van der Waals surface area (Å²) in [6, 6.07) is 6.30. The fourth-order valence-electron chi connectivity index (χ4n) is 2.32. The van der Waals surface area contributed by atoms with Crippen molar-refractivity contribution in [3.8, 4) is 5.75 Å². The molecular weight excluding hydrogens is 258 g/mol. The maximum Gasteiger partial charge on any atom is 0.178 e. The first-order valence-corrected chi connectivity index (χ1v) is 7.30. The minimum absolute atomic E-state index is 0.0000285. The number of Topliss-reactive ketones (excluding diaryl/α,β-unsaturated/α-hetero) is 1. The summed E-state index contributed by atoms with van der Waals surface area (Å²) in [5.41, 5.74) is 3.37. The number of thiazole rings is 1. The van der Waals surface area contributed by atoms with Gasteiger partial charge in [-0.2, -0.15) is 0 Å². The van der Waals surface area contributed by atoms with Gasteiger partial charge in [-0.3, -0.25) is 4.79 Å². The molecule has 0 saturated heterocycles. The summed E-state index contributed by atoms with van der Waals surface area (Å²) >= 11 is 1.47. The Balaban J connectivity index is 1.67. The van der Waals surface area contributed by atoms with Crippen LogP contribution < -0.4 is 4.74 Å². The van der Waals surface area contributed by atoms with Gasteiger partial charge in [0.25, 0.3) is 0 Å². The van der Waals surface area contributed by atoms with E-state index >= 15 is 0 Å². The van der Waals surface area contributed by atoms with Crippen molar-refractivity contribution in [1.29, 1.82) is 0 Å². The Kier molecular flexibility index (Phi) is 3.34. The van der Waals surface area contributed by atoms with Crippen LogP contribution in [0, 0.1) is 0 Å². The highest BCUT2D eigenvalue weighted by molar-refractivity contribution is 7.09. The van der Waals surface area contributed by atoms with Crippen LogP contribution in [0.5, 0.6) is 5.75 Å². The van der Waals surface area contributed by atoms with Gasteiger partial charge in [-0.25, -0.2) is 4.98 Å². The molecule has 0 atom stereocenters. The smallest absolute Gasteiger partial charge is 0.178 e. The van der Waals surface area contributed by atoms with Crippen molar-refractivity contribution < 1.29 is 9.53 Å². The topological polar surface area (TPSA) is 39.2 Å². The molecule has 4 heteroatoms. The molecule has 3 rings (SSSR count). The van der Waals surface area contributed by atoms with Crippen LogP contribution >= 0.6 is 11.3 Å². The van der Waals surface area contributed by atoms with E-state index in [1.807, 2.05) is 6.07 Å². The number of aromatic nitrogens is 1. The van der Waals surface area contributed by atoms with Gasteiger partial charge < -0.3 is 4.74 Å². The summed E-state index contributed by atoms with van der Waals surface area (Å²) < 4.78 is 5.75. The van der Waals surface area contributed by atoms with Crippen LogP contribution in [0.15, 0.2) is 23.6 Å². The summed E-state index contributed by atoms with van der Waals surface area (Å²) in [5.74, 6) is 0.889. The van der Waals surface area contributed by atoms with E-state index in [0.29, 0.717) is 12.3 Å². The number of fused-ring (bicyclic) bond motifs is 1. The number of hydrogen-bond donors (Lipinski definition) is 0. The molecule has 1 heterocycles. The highest BCUT2D eigenvalue weighted by Gasteiger charge is 2.12. The molecule has 2 aromatic rings. The predicted molar refractivity (Wildman–Crippen MR) is 74.9 cm³/mol. The molecule has 98 valence electrons. The first-order chi connectivity index (χ1) is 9.22. The van der Waals surface area contributed by atoms with Crippen molar-refractivity contribution in [1.82, 2.24) is 4.98 Å². The molecule has 0 unspecified atom stereocenters. The monoisotopic (exact) mass is 273 g/mol. The Morgan fingerprint density at radius 2 is 2.21 bits per heavy atom. The van der Waals surface area contributed by atoms with E-state index in [1.54, 1.807) is 5.38 Å². The lowest BCUT2D eigenvalue weighted by Crippen LogP contribution is -1.98. The lowest BCUT2D eigenvalue weighted by Gasteiger charge is -2.06. The zero-order chi connectivity index (χ0) is 13.2. The van der Waals surface area contributed by atoms with E-state index in [1.165, 1.54) is 42.2 Å². The van der Waals surface area contributed by atoms with Gasteiger partial charge in [0.05, 0.1) is 0 Å². The highest BCUT2D eigenvalue weighted by Crippen LogP contribution is 2.26. The Bertz CT molecular complexity index is 618. The molecule has 1 aromatic heterocycles. The highest BCUT2D eigenvalue weighted by atomic mass is 32.1. The van der Waals surface area contributed by atoms with Crippen LogP contribution in [0.4, 0.5) is 0 Å². The Morgan fingerprint density at radius 3 is 3.00 bits per heavy atom. The first kappa shape index (κ1) is 12.4. The molecule has 0 radical (unpaired) electrons. The van der Waals surface area contributed by atoms with Crippen LogP contribution in [0.1, 0.15) is 40.0 Å². The minimum atomic E-state index is 0.0000285. The summed E-state index contributed by atoms with van der Waals surface area (Å²) in [4.78, 5) is 15.4. The van der Waals surface area contributed by atoms with Gasteiger partial charge >= 0.3 is 0 Å². The lowest BCUT2D eigenvalue weighted by atomic mass is 10.1. The number of carbonyl (C=O) groups is 1. The number of ketones is 1. The molecule has 0 bridgehead atoms.